The summed E-state index contributed by atoms with van der Waals surface area (Å²) < 4.78 is 0. The third kappa shape index (κ3) is 6.73. The first-order valence-electron chi connectivity index (χ1n) is 18.5. The van der Waals surface area contributed by atoms with Crippen LogP contribution in [0.25, 0.3) is 60.9 Å². The van der Waals surface area contributed by atoms with Crippen molar-refractivity contribution in [3.8, 4) is 44.5 Å². The fourth-order valence-corrected chi connectivity index (χ4v) is 7.50. The second-order valence-corrected chi connectivity index (χ2v) is 13.7. The number of hydrogen-bond donors (Lipinski definition) is 0. The number of allylic oxidation sites excluding steroid dienone is 4. The van der Waals surface area contributed by atoms with Gasteiger partial charge < -0.3 is 4.90 Å². The fourth-order valence-electron chi connectivity index (χ4n) is 7.50. The molecule has 1 nitrogen and oxygen atoms in total. The molecule has 1 heteroatoms. The number of fused-ring (bicyclic) bond motifs is 1. The highest BCUT2D eigenvalue weighted by atomic mass is 15.1. The van der Waals surface area contributed by atoms with E-state index >= 15 is 0 Å². The minimum absolute atomic E-state index is 1.10. The maximum atomic E-state index is 2.38. The van der Waals surface area contributed by atoms with E-state index in [0.717, 1.165) is 29.9 Å². The van der Waals surface area contributed by atoms with Crippen molar-refractivity contribution in [1.82, 2.24) is 0 Å². The van der Waals surface area contributed by atoms with Crippen molar-refractivity contribution in [2.24, 2.45) is 0 Å². The van der Waals surface area contributed by atoms with Crippen LogP contribution in [-0.4, -0.2) is 0 Å². The molecule has 252 valence electrons. The van der Waals surface area contributed by atoms with E-state index in [1.54, 1.807) is 0 Å². The Morgan fingerprint density at radius 2 is 0.830 bits per heavy atom. The van der Waals surface area contributed by atoms with Gasteiger partial charge in [0.2, 0.25) is 0 Å². The molecule has 1 aliphatic carbocycles. The van der Waals surface area contributed by atoms with Crippen molar-refractivity contribution in [1.29, 1.82) is 0 Å². The predicted octanol–water partition coefficient (Wildman–Crippen LogP) is 14.7. The summed E-state index contributed by atoms with van der Waals surface area (Å²) in [6.07, 6.45) is 9.08. The Labute approximate surface area is 312 Å². The molecular weight excluding hydrogens is 639 g/mol. The molecule has 0 bridgehead atoms. The predicted molar refractivity (Wildman–Crippen MR) is 227 cm³/mol. The molecule has 0 spiro atoms. The molecule has 0 atom stereocenters. The quantitative estimate of drug-likeness (QED) is 0.155. The first kappa shape index (κ1) is 32.2. The lowest BCUT2D eigenvalue weighted by Gasteiger charge is -2.27. The van der Waals surface area contributed by atoms with E-state index in [9.17, 15) is 0 Å². The van der Waals surface area contributed by atoms with Gasteiger partial charge in [-0.2, -0.15) is 0 Å². The van der Waals surface area contributed by atoms with E-state index in [0.29, 0.717) is 0 Å². The van der Waals surface area contributed by atoms with Gasteiger partial charge in [-0.25, -0.2) is 0 Å². The average molecular weight is 678 g/mol. The molecule has 1 aliphatic rings. The highest BCUT2D eigenvalue weighted by Gasteiger charge is 2.17. The lowest BCUT2D eigenvalue weighted by atomic mass is 9.93. The van der Waals surface area contributed by atoms with Crippen molar-refractivity contribution in [3.63, 3.8) is 0 Å². The molecule has 9 rings (SSSR count). The number of rotatable bonds is 8. The van der Waals surface area contributed by atoms with Crippen LogP contribution in [0.1, 0.15) is 18.4 Å². The summed E-state index contributed by atoms with van der Waals surface area (Å²) in [6, 6.07) is 70.5. The van der Waals surface area contributed by atoms with Crippen molar-refractivity contribution >= 4 is 33.4 Å². The zero-order chi connectivity index (χ0) is 35.4. The van der Waals surface area contributed by atoms with Crippen LogP contribution in [0.15, 0.2) is 212 Å². The molecule has 53 heavy (non-hydrogen) atoms. The first-order valence-corrected chi connectivity index (χ1v) is 18.5. The zero-order valence-electron chi connectivity index (χ0n) is 29.6. The third-order valence-corrected chi connectivity index (χ3v) is 10.3. The third-order valence-electron chi connectivity index (χ3n) is 10.3. The Morgan fingerprint density at radius 3 is 1.45 bits per heavy atom. The molecule has 0 unspecified atom stereocenters. The minimum Gasteiger partial charge on any atom is -0.310 e. The molecule has 0 amide bonds. The Balaban J connectivity index is 1.12. The molecule has 8 aromatic carbocycles. The molecule has 8 aromatic rings. The number of hydrogen-bond acceptors (Lipinski definition) is 1. The standard InChI is InChI=1S/C52H39N/c1-4-12-38(13-5-1)40-20-22-41(23-21-40)42-26-30-48(31-27-42)53(49-32-28-43(29-33-49)47-25-24-39-14-10-11-19-46(39)36-47)50-34-35-51(44-15-6-2-7-16-44)52(37-50)45-17-8-3-9-18-45/h2-4,6-37H,1,5H2. The Hall–Kier alpha value is -6.70. The van der Waals surface area contributed by atoms with Crippen LogP contribution in [0.4, 0.5) is 17.1 Å². The highest BCUT2D eigenvalue weighted by molar-refractivity contribution is 5.90. The number of nitrogens with zero attached hydrogens (tertiary/aromatic N) is 1. The molecular formula is C52H39N. The monoisotopic (exact) mass is 677 g/mol. The number of benzene rings is 8. The van der Waals surface area contributed by atoms with E-state index in [1.807, 2.05) is 0 Å². The summed E-state index contributed by atoms with van der Waals surface area (Å²) in [5.74, 6) is 0. The summed E-state index contributed by atoms with van der Waals surface area (Å²) in [7, 11) is 0. The van der Waals surface area contributed by atoms with E-state index < -0.39 is 0 Å². The van der Waals surface area contributed by atoms with Gasteiger partial charge in [0.15, 0.2) is 0 Å². The summed E-state index contributed by atoms with van der Waals surface area (Å²) in [5.41, 5.74) is 15.5. The van der Waals surface area contributed by atoms with Gasteiger partial charge >= 0.3 is 0 Å². The van der Waals surface area contributed by atoms with Crippen LogP contribution in [0, 0.1) is 0 Å². The summed E-state index contributed by atoms with van der Waals surface area (Å²) in [6.45, 7) is 0. The summed E-state index contributed by atoms with van der Waals surface area (Å²) in [4.78, 5) is 2.38. The largest absolute Gasteiger partial charge is 0.310 e. The van der Waals surface area contributed by atoms with Crippen LogP contribution < -0.4 is 4.90 Å². The molecule has 0 fully saturated rings. The number of anilines is 3. The van der Waals surface area contributed by atoms with Gasteiger partial charge in [0.25, 0.3) is 0 Å². The average Bonchev–Trinajstić information content (AvgIpc) is 3.25. The molecule has 0 aliphatic heterocycles. The van der Waals surface area contributed by atoms with Crippen LogP contribution in [0.3, 0.4) is 0 Å². The minimum atomic E-state index is 1.10. The van der Waals surface area contributed by atoms with E-state index in [1.165, 1.54) is 66.4 Å². The first-order chi connectivity index (χ1) is 26.3. The summed E-state index contributed by atoms with van der Waals surface area (Å²) in [5, 5.41) is 2.51. The maximum absolute atomic E-state index is 2.38. The topological polar surface area (TPSA) is 3.24 Å². The second kappa shape index (κ2) is 14.5. The zero-order valence-corrected chi connectivity index (χ0v) is 29.6. The lowest BCUT2D eigenvalue weighted by Crippen LogP contribution is -2.10. The van der Waals surface area contributed by atoms with Crippen molar-refractivity contribution in [2.45, 2.75) is 12.8 Å². The van der Waals surface area contributed by atoms with Gasteiger partial charge in [0.05, 0.1) is 0 Å². The lowest BCUT2D eigenvalue weighted by molar-refractivity contribution is 1.04. The van der Waals surface area contributed by atoms with Crippen molar-refractivity contribution in [2.75, 3.05) is 4.90 Å². The van der Waals surface area contributed by atoms with Gasteiger partial charge in [-0.1, -0.05) is 170 Å². The fraction of sp³-hybridized carbons (Fsp3) is 0.0385. The van der Waals surface area contributed by atoms with Crippen LogP contribution in [-0.2, 0) is 0 Å². The molecule has 0 N–H and O–H groups in total. The molecule has 0 saturated heterocycles. The smallest absolute Gasteiger partial charge is 0.0468 e. The molecule has 0 aromatic heterocycles. The van der Waals surface area contributed by atoms with E-state index in [4.69, 9.17) is 0 Å². The molecule has 0 saturated carbocycles. The van der Waals surface area contributed by atoms with Gasteiger partial charge in [-0.3, -0.25) is 0 Å². The van der Waals surface area contributed by atoms with Crippen LogP contribution >= 0.6 is 0 Å². The SMILES string of the molecule is C1=CC(c2ccc(-c3ccc(N(c4ccc(-c5ccc6ccccc6c5)cc4)c4ccc(-c5ccccc5)c(-c5ccccc5)c4)cc3)cc2)=CCC1. The highest BCUT2D eigenvalue weighted by Crippen LogP contribution is 2.42. The summed E-state index contributed by atoms with van der Waals surface area (Å²) >= 11 is 0. The normalized spacial score (nSPS) is 12.4. The van der Waals surface area contributed by atoms with Gasteiger partial charge in [-0.05, 0) is 122 Å². The van der Waals surface area contributed by atoms with Crippen molar-refractivity contribution < 1.29 is 0 Å². The van der Waals surface area contributed by atoms with E-state index in [2.05, 4.69) is 217 Å². The van der Waals surface area contributed by atoms with Gasteiger partial charge in [-0.15, -0.1) is 0 Å². The molecule has 0 radical (unpaired) electrons. The van der Waals surface area contributed by atoms with Crippen molar-refractivity contribution in [3.05, 3.63) is 218 Å². The Bertz CT molecular complexity index is 2560. The Morgan fingerprint density at radius 1 is 0.321 bits per heavy atom. The van der Waals surface area contributed by atoms with Crippen LogP contribution in [0.2, 0.25) is 0 Å². The van der Waals surface area contributed by atoms with E-state index in [-0.39, 0.29) is 0 Å². The maximum Gasteiger partial charge on any atom is 0.0468 e. The van der Waals surface area contributed by atoms with Gasteiger partial charge in [0, 0.05) is 17.1 Å². The Kier molecular flexibility index (Phi) is 8.82. The van der Waals surface area contributed by atoms with Gasteiger partial charge in [0.1, 0.15) is 0 Å². The molecule has 0 heterocycles. The van der Waals surface area contributed by atoms with Crippen LogP contribution in [0.5, 0.6) is 0 Å². The second-order valence-electron chi connectivity index (χ2n) is 13.7.